The van der Waals surface area contributed by atoms with Crippen LogP contribution in [-0.2, 0) is 9.84 Å². The van der Waals surface area contributed by atoms with Gasteiger partial charge in [-0.1, -0.05) is 12.1 Å². The number of carbonyl (C=O) groups excluding carboxylic acids is 1. The van der Waals surface area contributed by atoms with Crippen LogP contribution < -0.4 is 5.32 Å². The summed E-state index contributed by atoms with van der Waals surface area (Å²) >= 11 is 0. The van der Waals surface area contributed by atoms with Crippen LogP contribution in [0.15, 0.2) is 45.7 Å². The molecule has 0 unspecified atom stereocenters. The third-order valence-electron chi connectivity index (χ3n) is 3.59. The summed E-state index contributed by atoms with van der Waals surface area (Å²) in [6.45, 7) is 6.80. The molecule has 0 radical (unpaired) electrons. The highest BCUT2D eigenvalue weighted by molar-refractivity contribution is 7.92. The van der Waals surface area contributed by atoms with Gasteiger partial charge in [0.05, 0.1) is 21.8 Å². The number of hydrogen-bond acceptors (Lipinski definition) is 4. The lowest BCUT2D eigenvalue weighted by Crippen LogP contribution is -2.28. The molecule has 1 atom stereocenters. The van der Waals surface area contributed by atoms with Gasteiger partial charge in [-0.2, -0.15) is 0 Å². The van der Waals surface area contributed by atoms with Gasteiger partial charge >= 0.3 is 0 Å². The Labute approximate surface area is 136 Å². The third kappa shape index (κ3) is 3.64. The highest BCUT2D eigenvalue weighted by Crippen LogP contribution is 2.22. The first-order valence-corrected chi connectivity index (χ1v) is 8.98. The Morgan fingerprint density at radius 1 is 1.09 bits per heavy atom. The van der Waals surface area contributed by atoms with Gasteiger partial charge in [0, 0.05) is 0 Å². The minimum atomic E-state index is -3.53. The molecular weight excluding hydrogens is 314 g/mol. The van der Waals surface area contributed by atoms with E-state index < -0.39 is 21.0 Å². The molecule has 0 fully saturated rings. The van der Waals surface area contributed by atoms with E-state index in [2.05, 4.69) is 5.32 Å². The fourth-order valence-electron chi connectivity index (χ4n) is 2.19. The largest absolute Gasteiger partial charge is 0.464 e. The zero-order valence-electron chi connectivity index (χ0n) is 13.7. The van der Waals surface area contributed by atoms with E-state index in [0.717, 1.165) is 5.76 Å². The maximum atomic E-state index is 12.5. The van der Waals surface area contributed by atoms with Gasteiger partial charge in [-0.25, -0.2) is 8.42 Å². The highest BCUT2D eigenvalue weighted by Gasteiger charge is 2.26. The number of rotatable bonds is 5. The molecule has 1 aromatic heterocycles. The topological polar surface area (TPSA) is 76.4 Å². The van der Waals surface area contributed by atoms with Crippen LogP contribution in [0.25, 0.3) is 0 Å². The molecule has 124 valence electrons. The van der Waals surface area contributed by atoms with Crippen molar-refractivity contribution >= 4 is 15.7 Å². The smallest absolute Gasteiger partial charge is 0.253 e. The summed E-state index contributed by atoms with van der Waals surface area (Å²) in [7, 11) is -3.53. The van der Waals surface area contributed by atoms with Gasteiger partial charge < -0.3 is 9.73 Å². The van der Waals surface area contributed by atoms with E-state index in [9.17, 15) is 13.2 Å². The molecule has 0 bridgehead atoms. The molecule has 2 aromatic rings. The number of furan rings is 1. The fraction of sp³-hybridized carbons (Fsp3) is 0.353. The van der Waals surface area contributed by atoms with Crippen molar-refractivity contribution in [2.24, 2.45) is 0 Å². The van der Waals surface area contributed by atoms with E-state index in [1.54, 1.807) is 39.0 Å². The van der Waals surface area contributed by atoms with Gasteiger partial charge in [0.2, 0.25) is 0 Å². The van der Waals surface area contributed by atoms with Crippen molar-refractivity contribution in [3.05, 3.63) is 53.5 Å². The van der Waals surface area contributed by atoms with Crippen molar-refractivity contribution in [1.82, 2.24) is 5.32 Å². The molecule has 0 spiro atoms. The number of benzene rings is 1. The van der Waals surface area contributed by atoms with Gasteiger partial charge in [-0.3, -0.25) is 4.79 Å². The molecule has 23 heavy (non-hydrogen) atoms. The average Bonchev–Trinajstić information content (AvgIpc) is 2.93. The lowest BCUT2D eigenvalue weighted by Gasteiger charge is -2.15. The summed E-state index contributed by atoms with van der Waals surface area (Å²) in [5.74, 6) is 0.940. The summed E-state index contributed by atoms with van der Waals surface area (Å²) in [4.78, 5) is 12.6. The minimum Gasteiger partial charge on any atom is -0.464 e. The predicted molar refractivity (Wildman–Crippen MR) is 88.1 cm³/mol. The lowest BCUT2D eigenvalue weighted by molar-refractivity contribution is 0.0931. The number of amides is 1. The van der Waals surface area contributed by atoms with E-state index in [-0.39, 0.29) is 16.5 Å². The lowest BCUT2D eigenvalue weighted by atomic mass is 10.2. The van der Waals surface area contributed by atoms with E-state index in [1.165, 1.54) is 12.1 Å². The van der Waals surface area contributed by atoms with Crippen LogP contribution in [0.4, 0.5) is 0 Å². The number of aryl methyl sites for hydroxylation is 1. The number of sulfone groups is 1. The van der Waals surface area contributed by atoms with Gasteiger partial charge in [0.25, 0.3) is 5.91 Å². The Bertz CT molecular complexity index is 806. The van der Waals surface area contributed by atoms with Gasteiger partial charge in [-0.05, 0) is 52.0 Å². The average molecular weight is 335 g/mol. The van der Waals surface area contributed by atoms with Crippen molar-refractivity contribution in [2.75, 3.05) is 0 Å². The van der Waals surface area contributed by atoms with Crippen LogP contribution in [0.1, 0.15) is 48.7 Å². The Morgan fingerprint density at radius 2 is 1.74 bits per heavy atom. The highest BCUT2D eigenvalue weighted by atomic mass is 32.2. The molecule has 0 saturated carbocycles. The van der Waals surface area contributed by atoms with Crippen molar-refractivity contribution in [1.29, 1.82) is 0 Å². The zero-order chi connectivity index (χ0) is 17.2. The molecule has 6 heteroatoms. The predicted octanol–water partition coefficient (Wildman–Crippen LogP) is 3.26. The second kappa shape index (κ2) is 6.58. The minimum absolute atomic E-state index is 0.0512. The Hall–Kier alpha value is -2.08. The van der Waals surface area contributed by atoms with E-state index in [1.807, 2.05) is 13.0 Å². The molecule has 0 aliphatic rings. The van der Waals surface area contributed by atoms with Crippen LogP contribution in [0.2, 0.25) is 0 Å². The molecule has 2 rings (SSSR count). The monoisotopic (exact) mass is 335 g/mol. The Kier molecular flexibility index (Phi) is 4.94. The molecule has 1 N–H and O–H groups in total. The van der Waals surface area contributed by atoms with Crippen LogP contribution >= 0.6 is 0 Å². The van der Waals surface area contributed by atoms with Crippen molar-refractivity contribution in [2.45, 2.75) is 43.9 Å². The summed E-state index contributed by atoms with van der Waals surface area (Å²) < 4.78 is 30.3. The molecule has 1 amide bonds. The SMILES string of the molecule is Cc1ccc([C@H](C)NC(=O)c2ccccc2S(=O)(=O)C(C)C)o1. The molecule has 0 aliphatic heterocycles. The summed E-state index contributed by atoms with van der Waals surface area (Å²) in [5, 5.41) is 2.18. The molecule has 0 saturated heterocycles. The first-order valence-electron chi connectivity index (χ1n) is 7.43. The molecule has 5 nitrogen and oxygen atoms in total. The molecular formula is C17H21NO4S. The van der Waals surface area contributed by atoms with Crippen molar-refractivity contribution in [3.8, 4) is 0 Å². The Morgan fingerprint density at radius 3 is 2.30 bits per heavy atom. The first kappa shape index (κ1) is 17.3. The quantitative estimate of drug-likeness (QED) is 0.910. The summed E-state index contributed by atoms with van der Waals surface area (Å²) in [6, 6.07) is 9.50. The molecule has 1 aromatic carbocycles. The standard InChI is InChI=1S/C17H21NO4S/c1-11(2)23(20,21)16-8-6-5-7-14(16)17(19)18-13(4)15-10-9-12(3)22-15/h5-11,13H,1-4H3,(H,18,19)/t13-/m0/s1. The van der Waals surface area contributed by atoms with Crippen LogP contribution in [0, 0.1) is 6.92 Å². The van der Waals surface area contributed by atoms with E-state index in [0.29, 0.717) is 5.76 Å². The van der Waals surface area contributed by atoms with Gasteiger partial charge in [0.1, 0.15) is 11.5 Å². The van der Waals surface area contributed by atoms with E-state index >= 15 is 0 Å². The second-order valence-corrected chi connectivity index (χ2v) is 8.21. The Balaban J connectivity index is 2.30. The first-order chi connectivity index (χ1) is 10.7. The van der Waals surface area contributed by atoms with Crippen LogP contribution in [0.3, 0.4) is 0 Å². The van der Waals surface area contributed by atoms with Crippen LogP contribution in [0.5, 0.6) is 0 Å². The fourth-order valence-corrected chi connectivity index (χ4v) is 3.43. The molecule has 0 aliphatic carbocycles. The summed E-state index contributed by atoms with van der Waals surface area (Å²) in [5.41, 5.74) is 0.149. The van der Waals surface area contributed by atoms with Crippen molar-refractivity contribution in [3.63, 3.8) is 0 Å². The van der Waals surface area contributed by atoms with Crippen molar-refractivity contribution < 1.29 is 17.6 Å². The zero-order valence-corrected chi connectivity index (χ0v) is 14.5. The summed E-state index contributed by atoms with van der Waals surface area (Å²) in [6.07, 6.45) is 0. The maximum absolute atomic E-state index is 12.5. The maximum Gasteiger partial charge on any atom is 0.253 e. The third-order valence-corrected chi connectivity index (χ3v) is 5.80. The second-order valence-electron chi connectivity index (χ2n) is 5.73. The number of nitrogens with one attached hydrogen (secondary N) is 1. The van der Waals surface area contributed by atoms with Gasteiger partial charge in [-0.15, -0.1) is 0 Å². The van der Waals surface area contributed by atoms with Gasteiger partial charge in [0.15, 0.2) is 9.84 Å². The van der Waals surface area contributed by atoms with E-state index in [4.69, 9.17) is 4.42 Å². The van der Waals surface area contributed by atoms with Crippen LogP contribution in [-0.4, -0.2) is 19.6 Å². The molecule has 1 heterocycles. The number of hydrogen-bond donors (Lipinski definition) is 1. The normalized spacial score (nSPS) is 13.1. The number of carbonyl (C=O) groups is 1.